The fourth-order valence-corrected chi connectivity index (χ4v) is 2.37. The van der Waals surface area contributed by atoms with E-state index in [0.29, 0.717) is 11.6 Å². The molecule has 0 aliphatic heterocycles. The van der Waals surface area contributed by atoms with Crippen molar-refractivity contribution < 1.29 is 0 Å². The molecular formula is C10H11ClN4OS. The maximum absolute atomic E-state index is 11.5. The Kier molecular flexibility index (Phi) is 3.75. The quantitative estimate of drug-likeness (QED) is 0.921. The van der Waals surface area contributed by atoms with E-state index in [1.54, 1.807) is 12.4 Å². The van der Waals surface area contributed by atoms with Gasteiger partial charge in [-0.25, -0.2) is 14.8 Å². The highest BCUT2D eigenvalue weighted by atomic mass is 35.5. The predicted octanol–water partition coefficient (Wildman–Crippen LogP) is 1.83. The highest BCUT2D eigenvalue weighted by molar-refractivity contribution is 7.15. The minimum absolute atomic E-state index is 0.312. The number of hydrogen-bond acceptors (Lipinski definition) is 5. The van der Waals surface area contributed by atoms with Crippen molar-refractivity contribution in [3.05, 3.63) is 39.0 Å². The van der Waals surface area contributed by atoms with E-state index in [9.17, 15) is 4.79 Å². The smallest absolute Gasteiger partial charge is 0.347 e. The van der Waals surface area contributed by atoms with E-state index < -0.39 is 0 Å². The van der Waals surface area contributed by atoms with Crippen LogP contribution in [0.15, 0.2) is 23.4 Å². The van der Waals surface area contributed by atoms with Gasteiger partial charge in [0.25, 0.3) is 0 Å². The number of thiazole rings is 1. The van der Waals surface area contributed by atoms with Crippen LogP contribution in [0.4, 0.5) is 5.13 Å². The largest absolute Gasteiger partial charge is 0.362 e. The number of halogens is 1. The molecule has 0 spiro atoms. The summed E-state index contributed by atoms with van der Waals surface area (Å²) in [6.07, 6.45) is 4.66. The molecule has 90 valence electrons. The molecule has 0 saturated carbocycles. The van der Waals surface area contributed by atoms with Crippen LogP contribution in [0.3, 0.4) is 0 Å². The minimum atomic E-state index is -0.312. The molecule has 7 heteroatoms. The first-order chi connectivity index (χ1) is 8.19. The summed E-state index contributed by atoms with van der Waals surface area (Å²) >= 11 is 7.31. The van der Waals surface area contributed by atoms with Crippen LogP contribution in [0, 0.1) is 0 Å². The van der Waals surface area contributed by atoms with Gasteiger partial charge in [0.15, 0.2) is 5.13 Å². The molecule has 2 rings (SSSR count). The van der Waals surface area contributed by atoms with Crippen LogP contribution >= 0.6 is 22.9 Å². The number of rotatable bonds is 4. The van der Waals surface area contributed by atoms with Crippen molar-refractivity contribution in [2.24, 2.45) is 0 Å². The third kappa shape index (κ3) is 3.04. The Labute approximate surface area is 107 Å². The monoisotopic (exact) mass is 270 g/mol. The molecule has 0 aliphatic carbocycles. The molecule has 0 atom stereocenters. The van der Waals surface area contributed by atoms with Crippen molar-refractivity contribution in [1.29, 1.82) is 0 Å². The van der Waals surface area contributed by atoms with Gasteiger partial charge < -0.3 is 5.32 Å². The normalized spacial score (nSPS) is 10.5. The number of nitrogens with zero attached hydrogens (tertiary/aromatic N) is 3. The number of hydrogen-bond donors (Lipinski definition) is 1. The first kappa shape index (κ1) is 12.1. The second-order valence-corrected chi connectivity index (χ2v) is 4.90. The third-order valence-electron chi connectivity index (χ3n) is 2.03. The molecule has 0 radical (unpaired) electrons. The average Bonchev–Trinajstić information content (AvgIpc) is 2.72. The second-order valence-electron chi connectivity index (χ2n) is 3.34. The van der Waals surface area contributed by atoms with Crippen molar-refractivity contribution in [2.45, 2.75) is 13.5 Å². The van der Waals surface area contributed by atoms with Crippen molar-refractivity contribution in [1.82, 2.24) is 14.5 Å². The number of anilines is 1. The van der Waals surface area contributed by atoms with Crippen molar-refractivity contribution in [3.8, 4) is 0 Å². The third-order valence-corrected chi connectivity index (χ3v) is 3.17. The van der Waals surface area contributed by atoms with Crippen molar-refractivity contribution >= 4 is 28.1 Å². The summed E-state index contributed by atoms with van der Waals surface area (Å²) in [7, 11) is 0. The SMILES string of the molecule is CCNc1ncc(Cn2cc(Cl)cnc2=O)s1. The molecule has 0 fully saturated rings. The lowest BCUT2D eigenvalue weighted by atomic mass is 10.5. The minimum Gasteiger partial charge on any atom is -0.362 e. The summed E-state index contributed by atoms with van der Waals surface area (Å²) in [4.78, 5) is 20.3. The molecule has 2 aromatic heterocycles. The lowest BCUT2D eigenvalue weighted by Gasteiger charge is -2.01. The van der Waals surface area contributed by atoms with E-state index in [4.69, 9.17) is 11.6 Å². The summed E-state index contributed by atoms with van der Waals surface area (Å²) < 4.78 is 1.46. The molecule has 0 aromatic carbocycles. The molecule has 0 amide bonds. The predicted molar refractivity (Wildman–Crippen MR) is 68.9 cm³/mol. The van der Waals surface area contributed by atoms with Crippen LogP contribution in [-0.2, 0) is 6.54 Å². The molecule has 2 heterocycles. The van der Waals surface area contributed by atoms with Crippen LogP contribution in [0.2, 0.25) is 5.02 Å². The zero-order chi connectivity index (χ0) is 12.3. The lowest BCUT2D eigenvalue weighted by Crippen LogP contribution is -2.21. The zero-order valence-electron chi connectivity index (χ0n) is 9.18. The molecular weight excluding hydrogens is 260 g/mol. The van der Waals surface area contributed by atoms with E-state index in [-0.39, 0.29) is 5.69 Å². The Balaban J connectivity index is 2.19. The average molecular weight is 271 g/mol. The van der Waals surface area contributed by atoms with Crippen LogP contribution in [0.5, 0.6) is 0 Å². The van der Waals surface area contributed by atoms with Crippen LogP contribution in [0.1, 0.15) is 11.8 Å². The summed E-state index contributed by atoms with van der Waals surface area (Å²) in [5.74, 6) is 0. The maximum Gasteiger partial charge on any atom is 0.347 e. The van der Waals surface area contributed by atoms with Gasteiger partial charge in [-0.2, -0.15) is 0 Å². The van der Waals surface area contributed by atoms with Gasteiger partial charge in [-0.15, -0.1) is 11.3 Å². The highest BCUT2D eigenvalue weighted by Crippen LogP contribution is 2.18. The van der Waals surface area contributed by atoms with Crippen molar-refractivity contribution in [3.63, 3.8) is 0 Å². The van der Waals surface area contributed by atoms with Crippen LogP contribution in [-0.4, -0.2) is 21.1 Å². The summed E-state index contributed by atoms with van der Waals surface area (Å²) in [5, 5.41) is 4.42. The standard InChI is InChI=1S/C10H11ClN4OS/c1-2-12-9-13-4-8(17-9)6-15-5-7(11)3-14-10(15)16/h3-5H,2,6H2,1H3,(H,12,13). The zero-order valence-corrected chi connectivity index (χ0v) is 10.8. The molecule has 0 saturated heterocycles. The van der Waals surface area contributed by atoms with E-state index in [1.165, 1.54) is 22.1 Å². The van der Waals surface area contributed by atoms with E-state index >= 15 is 0 Å². The van der Waals surface area contributed by atoms with Gasteiger partial charge >= 0.3 is 5.69 Å². The Morgan fingerprint density at radius 2 is 2.29 bits per heavy atom. The van der Waals surface area contributed by atoms with E-state index in [0.717, 1.165) is 16.6 Å². The molecule has 2 aromatic rings. The Hall–Kier alpha value is -1.40. The van der Waals surface area contributed by atoms with Gasteiger partial charge in [0.2, 0.25) is 0 Å². The fraction of sp³-hybridized carbons (Fsp3) is 0.300. The molecule has 0 bridgehead atoms. The molecule has 5 nitrogen and oxygen atoms in total. The summed E-state index contributed by atoms with van der Waals surface area (Å²) in [5.41, 5.74) is -0.312. The molecule has 0 unspecified atom stereocenters. The van der Waals surface area contributed by atoms with Gasteiger partial charge in [0, 0.05) is 23.8 Å². The summed E-state index contributed by atoms with van der Waals surface area (Å²) in [6.45, 7) is 3.27. The highest BCUT2D eigenvalue weighted by Gasteiger charge is 2.04. The first-order valence-electron chi connectivity index (χ1n) is 5.09. The van der Waals surface area contributed by atoms with E-state index in [2.05, 4.69) is 15.3 Å². The second kappa shape index (κ2) is 5.29. The van der Waals surface area contributed by atoms with Crippen molar-refractivity contribution in [2.75, 3.05) is 11.9 Å². The Bertz CT molecular complexity index is 565. The van der Waals surface area contributed by atoms with E-state index in [1.807, 2.05) is 6.92 Å². The topological polar surface area (TPSA) is 59.8 Å². The van der Waals surface area contributed by atoms with Gasteiger partial charge in [-0.1, -0.05) is 11.6 Å². The Morgan fingerprint density at radius 3 is 3.06 bits per heavy atom. The summed E-state index contributed by atoms with van der Waals surface area (Å²) in [6, 6.07) is 0. The Morgan fingerprint density at radius 1 is 1.47 bits per heavy atom. The lowest BCUT2D eigenvalue weighted by molar-refractivity contribution is 0.734. The molecule has 1 N–H and O–H groups in total. The van der Waals surface area contributed by atoms with Gasteiger partial charge in [-0.05, 0) is 6.92 Å². The van der Waals surface area contributed by atoms with Gasteiger partial charge in [0.1, 0.15) is 0 Å². The number of nitrogens with one attached hydrogen (secondary N) is 1. The van der Waals surface area contributed by atoms with Gasteiger partial charge in [0.05, 0.1) is 17.8 Å². The molecule has 17 heavy (non-hydrogen) atoms. The number of aromatic nitrogens is 3. The fourth-order valence-electron chi connectivity index (χ4n) is 1.32. The van der Waals surface area contributed by atoms with Crippen LogP contribution < -0.4 is 11.0 Å². The maximum atomic E-state index is 11.5. The molecule has 0 aliphatic rings. The van der Waals surface area contributed by atoms with Gasteiger partial charge in [-0.3, -0.25) is 4.57 Å². The van der Waals surface area contributed by atoms with Crippen LogP contribution in [0.25, 0.3) is 0 Å². The first-order valence-corrected chi connectivity index (χ1v) is 6.29.